The summed E-state index contributed by atoms with van der Waals surface area (Å²) in [5.41, 5.74) is 1.74. The van der Waals surface area contributed by atoms with E-state index in [0.717, 1.165) is 11.1 Å². The van der Waals surface area contributed by atoms with Crippen LogP contribution in [0, 0.1) is 6.92 Å². The Morgan fingerprint density at radius 1 is 1.43 bits per heavy atom. The Kier molecular flexibility index (Phi) is 3.92. The molecule has 0 spiro atoms. The van der Waals surface area contributed by atoms with Crippen molar-refractivity contribution in [2.24, 2.45) is 0 Å². The number of hydrogen-bond acceptors (Lipinski definition) is 3. The molecule has 0 saturated carbocycles. The van der Waals surface area contributed by atoms with Gasteiger partial charge in [-0.05, 0) is 19.4 Å². The Balaban J connectivity index is 2.63. The molecule has 0 aliphatic carbocycles. The summed E-state index contributed by atoms with van der Waals surface area (Å²) in [6.45, 7) is 4.45. The van der Waals surface area contributed by atoms with Crippen molar-refractivity contribution >= 4 is 0 Å². The summed E-state index contributed by atoms with van der Waals surface area (Å²) in [5.74, 6) is 0.338. The summed E-state index contributed by atoms with van der Waals surface area (Å²) < 4.78 is 0. The third-order valence-electron chi connectivity index (χ3n) is 2.24. The SMILES string of the molecule is Cc1cccc(CN[C@@H](C)CO)c1O. The Bertz CT molecular complexity index is 299. The zero-order valence-corrected chi connectivity index (χ0v) is 8.62. The molecule has 0 unspecified atom stereocenters. The molecule has 1 rings (SSSR count). The Morgan fingerprint density at radius 2 is 2.14 bits per heavy atom. The minimum atomic E-state index is 0.0508. The van der Waals surface area contributed by atoms with Crippen molar-refractivity contribution in [1.82, 2.24) is 5.32 Å². The van der Waals surface area contributed by atoms with E-state index in [-0.39, 0.29) is 12.6 Å². The van der Waals surface area contributed by atoms with Crippen molar-refractivity contribution in [3.05, 3.63) is 29.3 Å². The monoisotopic (exact) mass is 195 g/mol. The molecule has 0 aromatic heterocycles. The highest BCUT2D eigenvalue weighted by Gasteiger charge is 2.04. The lowest BCUT2D eigenvalue weighted by Gasteiger charge is -2.12. The van der Waals surface area contributed by atoms with Gasteiger partial charge in [-0.25, -0.2) is 0 Å². The van der Waals surface area contributed by atoms with Gasteiger partial charge in [0.2, 0.25) is 0 Å². The Hall–Kier alpha value is -1.06. The quantitative estimate of drug-likeness (QED) is 0.676. The van der Waals surface area contributed by atoms with E-state index < -0.39 is 0 Å². The normalized spacial score (nSPS) is 12.8. The number of rotatable bonds is 4. The summed E-state index contributed by atoms with van der Waals surface area (Å²) in [5, 5.41) is 21.6. The number of aromatic hydroxyl groups is 1. The lowest BCUT2D eigenvalue weighted by molar-refractivity contribution is 0.250. The summed E-state index contributed by atoms with van der Waals surface area (Å²) in [7, 11) is 0. The van der Waals surface area contributed by atoms with E-state index in [1.807, 2.05) is 32.0 Å². The number of para-hydroxylation sites is 1. The van der Waals surface area contributed by atoms with Crippen LogP contribution in [0.2, 0.25) is 0 Å². The lowest BCUT2D eigenvalue weighted by Crippen LogP contribution is -2.28. The van der Waals surface area contributed by atoms with Crippen molar-refractivity contribution in [3.63, 3.8) is 0 Å². The Labute approximate surface area is 84.4 Å². The van der Waals surface area contributed by atoms with E-state index in [1.54, 1.807) is 0 Å². The summed E-state index contributed by atoms with van der Waals surface area (Å²) in [6, 6.07) is 5.71. The van der Waals surface area contributed by atoms with E-state index in [1.165, 1.54) is 0 Å². The number of aliphatic hydroxyl groups is 1. The van der Waals surface area contributed by atoms with Gasteiger partial charge in [0.25, 0.3) is 0 Å². The number of phenols is 1. The number of phenolic OH excluding ortho intramolecular Hbond substituents is 1. The highest BCUT2D eigenvalue weighted by molar-refractivity contribution is 5.39. The third-order valence-corrected chi connectivity index (χ3v) is 2.24. The third kappa shape index (κ3) is 2.72. The van der Waals surface area contributed by atoms with Gasteiger partial charge in [0, 0.05) is 18.2 Å². The highest BCUT2D eigenvalue weighted by atomic mass is 16.3. The van der Waals surface area contributed by atoms with Crippen molar-refractivity contribution < 1.29 is 10.2 Å². The summed E-state index contributed by atoms with van der Waals surface area (Å²) in [4.78, 5) is 0. The minimum Gasteiger partial charge on any atom is -0.507 e. The molecule has 0 saturated heterocycles. The first-order valence-electron chi connectivity index (χ1n) is 4.77. The molecule has 1 atom stereocenters. The van der Waals surface area contributed by atoms with E-state index in [0.29, 0.717) is 12.3 Å². The predicted octanol–water partition coefficient (Wildman–Crippen LogP) is 1.17. The lowest BCUT2D eigenvalue weighted by atomic mass is 10.1. The number of benzene rings is 1. The van der Waals surface area contributed by atoms with Crippen LogP contribution in [0.25, 0.3) is 0 Å². The molecule has 0 heterocycles. The van der Waals surface area contributed by atoms with Crippen LogP contribution in [0.1, 0.15) is 18.1 Å². The van der Waals surface area contributed by atoms with E-state index in [9.17, 15) is 5.11 Å². The van der Waals surface area contributed by atoms with Crippen LogP contribution < -0.4 is 5.32 Å². The van der Waals surface area contributed by atoms with Gasteiger partial charge in [-0.15, -0.1) is 0 Å². The molecule has 0 amide bonds. The largest absolute Gasteiger partial charge is 0.507 e. The van der Waals surface area contributed by atoms with Crippen LogP contribution in [-0.4, -0.2) is 22.9 Å². The smallest absolute Gasteiger partial charge is 0.122 e. The van der Waals surface area contributed by atoms with Crippen LogP contribution in [0.4, 0.5) is 0 Å². The first-order valence-corrected chi connectivity index (χ1v) is 4.77. The summed E-state index contributed by atoms with van der Waals surface area (Å²) in [6.07, 6.45) is 0. The zero-order valence-electron chi connectivity index (χ0n) is 8.62. The van der Waals surface area contributed by atoms with Gasteiger partial charge in [0.15, 0.2) is 0 Å². The molecule has 78 valence electrons. The van der Waals surface area contributed by atoms with Crippen LogP contribution in [0.15, 0.2) is 18.2 Å². The maximum atomic E-state index is 9.68. The van der Waals surface area contributed by atoms with E-state index in [4.69, 9.17) is 5.11 Å². The number of hydrogen-bond donors (Lipinski definition) is 3. The van der Waals surface area contributed by atoms with Crippen LogP contribution in [0.3, 0.4) is 0 Å². The number of aryl methyl sites for hydroxylation is 1. The molecule has 0 bridgehead atoms. The standard InChI is InChI=1S/C11H17NO2/c1-8-4-3-5-10(11(8)14)6-12-9(2)7-13/h3-5,9,12-14H,6-7H2,1-2H3/t9-/m0/s1. The van der Waals surface area contributed by atoms with Gasteiger partial charge in [-0.1, -0.05) is 18.2 Å². The average molecular weight is 195 g/mol. The van der Waals surface area contributed by atoms with E-state index >= 15 is 0 Å². The number of nitrogens with one attached hydrogen (secondary N) is 1. The molecule has 0 radical (unpaired) electrons. The second-order valence-corrected chi connectivity index (χ2v) is 3.55. The molecule has 1 aromatic carbocycles. The maximum Gasteiger partial charge on any atom is 0.122 e. The molecule has 1 aromatic rings. The Morgan fingerprint density at radius 3 is 2.79 bits per heavy atom. The van der Waals surface area contributed by atoms with Gasteiger partial charge in [-0.3, -0.25) is 0 Å². The van der Waals surface area contributed by atoms with Gasteiger partial charge in [0.1, 0.15) is 5.75 Å². The fourth-order valence-corrected chi connectivity index (χ4v) is 1.21. The van der Waals surface area contributed by atoms with Gasteiger partial charge in [0.05, 0.1) is 6.61 Å². The zero-order chi connectivity index (χ0) is 10.6. The van der Waals surface area contributed by atoms with E-state index in [2.05, 4.69) is 5.32 Å². The summed E-state index contributed by atoms with van der Waals surface area (Å²) >= 11 is 0. The maximum absolute atomic E-state index is 9.68. The molecule has 3 nitrogen and oxygen atoms in total. The first kappa shape index (κ1) is 11.0. The molecule has 14 heavy (non-hydrogen) atoms. The minimum absolute atomic E-state index is 0.0508. The molecule has 0 aliphatic rings. The highest BCUT2D eigenvalue weighted by Crippen LogP contribution is 2.20. The van der Waals surface area contributed by atoms with Crippen LogP contribution in [-0.2, 0) is 6.54 Å². The fourth-order valence-electron chi connectivity index (χ4n) is 1.21. The molecular formula is C11H17NO2. The second-order valence-electron chi connectivity index (χ2n) is 3.55. The van der Waals surface area contributed by atoms with Gasteiger partial charge in [-0.2, -0.15) is 0 Å². The molecule has 0 fully saturated rings. The van der Waals surface area contributed by atoms with Gasteiger partial charge < -0.3 is 15.5 Å². The predicted molar refractivity (Wildman–Crippen MR) is 56.2 cm³/mol. The molecule has 3 N–H and O–H groups in total. The van der Waals surface area contributed by atoms with Crippen molar-refractivity contribution in [1.29, 1.82) is 0 Å². The topological polar surface area (TPSA) is 52.5 Å². The van der Waals surface area contributed by atoms with Crippen LogP contribution >= 0.6 is 0 Å². The first-order chi connectivity index (χ1) is 6.65. The molecule has 0 aliphatic heterocycles. The number of aliphatic hydroxyl groups excluding tert-OH is 1. The van der Waals surface area contributed by atoms with Gasteiger partial charge >= 0.3 is 0 Å². The molecule has 3 heteroatoms. The van der Waals surface area contributed by atoms with Crippen LogP contribution in [0.5, 0.6) is 5.75 Å². The average Bonchev–Trinajstić information content (AvgIpc) is 2.20. The molecular weight excluding hydrogens is 178 g/mol. The second kappa shape index (κ2) is 4.98. The van der Waals surface area contributed by atoms with Crippen molar-refractivity contribution in [2.45, 2.75) is 26.4 Å². The van der Waals surface area contributed by atoms with Crippen molar-refractivity contribution in [3.8, 4) is 5.75 Å². The van der Waals surface area contributed by atoms with Crippen molar-refractivity contribution in [2.75, 3.05) is 6.61 Å². The fraction of sp³-hybridized carbons (Fsp3) is 0.455.